The molecule has 0 nitrogen and oxygen atoms in total. The summed E-state index contributed by atoms with van der Waals surface area (Å²) in [5, 5.41) is 0. The normalized spacial score (nSPS) is 7.62. The molecule has 1 heteroatoms. The molecule has 0 fully saturated rings. The maximum absolute atomic E-state index is 2.08. The Bertz CT molecular complexity index is 134. The van der Waals surface area contributed by atoms with Gasteiger partial charge in [-0.05, 0) is 6.92 Å². The van der Waals surface area contributed by atoms with E-state index >= 15 is 0 Å². The van der Waals surface area contributed by atoms with Crippen molar-refractivity contribution < 1.29 is 0 Å². The summed E-state index contributed by atoms with van der Waals surface area (Å²) in [5.41, 5.74) is 1.32. The molecule has 0 amide bonds. The van der Waals surface area contributed by atoms with E-state index in [1.54, 1.807) is 0 Å². The van der Waals surface area contributed by atoms with Gasteiger partial charge in [0.2, 0.25) is 0 Å². The van der Waals surface area contributed by atoms with E-state index in [0.717, 1.165) is 0 Å². The van der Waals surface area contributed by atoms with E-state index in [1.807, 2.05) is 18.2 Å². The van der Waals surface area contributed by atoms with Gasteiger partial charge >= 0.3 is 58.2 Å². The zero-order valence-electron chi connectivity index (χ0n) is 4.39. The summed E-state index contributed by atoms with van der Waals surface area (Å²) in [6, 6.07) is 10.3. The first-order valence-electron chi connectivity index (χ1n) is 2.41. The average molecular weight is 179 g/mol. The van der Waals surface area contributed by atoms with E-state index in [1.165, 1.54) is 5.56 Å². The van der Waals surface area contributed by atoms with Crippen LogP contribution in [0.4, 0.5) is 0 Å². The molecule has 0 N–H and O–H groups in total. The first kappa shape index (κ1) is 9.03. The predicted molar refractivity (Wildman–Crippen MR) is 38.3 cm³/mol. The standard InChI is InChI=1S/C7H8.Rb.H/c1-7-5-3-2-4-6-7;;/h2-6H,1H3;;. The van der Waals surface area contributed by atoms with Crippen molar-refractivity contribution in [2.45, 2.75) is 6.92 Å². The van der Waals surface area contributed by atoms with Gasteiger partial charge < -0.3 is 0 Å². The Labute approximate surface area is 99.1 Å². The van der Waals surface area contributed by atoms with Crippen LogP contribution in [0.1, 0.15) is 5.56 Å². The van der Waals surface area contributed by atoms with E-state index < -0.39 is 0 Å². The summed E-state index contributed by atoms with van der Waals surface area (Å²) in [4.78, 5) is 0. The number of rotatable bonds is 0. The monoisotopic (exact) mass is 178 g/mol. The Morgan fingerprint density at radius 1 is 1.00 bits per heavy atom. The number of aryl methyl sites for hydroxylation is 1. The molecule has 1 aromatic rings. The number of hydrogen-bond donors (Lipinski definition) is 0. The number of hydrogen-bond acceptors (Lipinski definition) is 0. The van der Waals surface area contributed by atoms with Crippen molar-refractivity contribution in [2.75, 3.05) is 0 Å². The van der Waals surface area contributed by atoms with E-state index in [9.17, 15) is 0 Å². The number of benzene rings is 1. The van der Waals surface area contributed by atoms with Gasteiger partial charge in [-0.2, -0.15) is 0 Å². The molecule has 1 aromatic carbocycles. The van der Waals surface area contributed by atoms with E-state index in [-0.39, 0.29) is 58.2 Å². The zero-order chi connectivity index (χ0) is 5.11. The Morgan fingerprint density at radius 2 is 1.50 bits per heavy atom. The molecular weight excluding hydrogens is 170 g/mol. The predicted octanol–water partition coefficient (Wildman–Crippen LogP) is 1.35. The molecule has 0 unspecified atom stereocenters. The summed E-state index contributed by atoms with van der Waals surface area (Å²) in [5.74, 6) is 0. The minimum absolute atomic E-state index is 0. The van der Waals surface area contributed by atoms with Crippen molar-refractivity contribution >= 4 is 58.2 Å². The zero-order valence-corrected chi connectivity index (χ0v) is 4.39. The van der Waals surface area contributed by atoms with Crippen molar-refractivity contribution in [1.29, 1.82) is 0 Å². The van der Waals surface area contributed by atoms with Crippen LogP contribution in [0.2, 0.25) is 0 Å². The molecule has 0 radical (unpaired) electrons. The molecule has 0 aliphatic rings. The van der Waals surface area contributed by atoms with Gasteiger partial charge in [0, 0.05) is 0 Å². The molecule has 0 heterocycles. The Morgan fingerprint density at radius 3 is 1.75 bits per heavy atom. The molecular formula is C7H9Rb. The van der Waals surface area contributed by atoms with Crippen LogP contribution in [0, 0.1) is 6.92 Å². The van der Waals surface area contributed by atoms with Crippen LogP contribution in [-0.4, -0.2) is 58.2 Å². The van der Waals surface area contributed by atoms with Crippen LogP contribution < -0.4 is 0 Å². The van der Waals surface area contributed by atoms with Crippen LogP contribution in [-0.2, 0) is 0 Å². The SMILES string of the molecule is Cc1ccccc1.[RbH]. The van der Waals surface area contributed by atoms with Crippen LogP contribution in [0.5, 0.6) is 0 Å². The molecule has 0 bridgehead atoms. The van der Waals surface area contributed by atoms with Crippen molar-refractivity contribution in [3.05, 3.63) is 35.9 Å². The van der Waals surface area contributed by atoms with Gasteiger partial charge in [-0.15, -0.1) is 0 Å². The van der Waals surface area contributed by atoms with Gasteiger partial charge in [0.25, 0.3) is 0 Å². The Hall–Kier alpha value is 1.03. The summed E-state index contributed by atoms with van der Waals surface area (Å²) in [7, 11) is 0. The second-order valence-electron chi connectivity index (χ2n) is 1.65. The van der Waals surface area contributed by atoms with Crippen LogP contribution >= 0.6 is 0 Å². The fourth-order valence-electron chi connectivity index (χ4n) is 0.534. The van der Waals surface area contributed by atoms with E-state index in [2.05, 4.69) is 19.1 Å². The quantitative estimate of drug-likeness (QED) is 0.563. The van der Waals surface area contributed by atoms with Gasteiger partial charge in [0.1, 0.15) is 0 Å². The molecule has 0 aliphatic carbocycles. The third-order valence-corrected chi connectivity index (χ3v) is 0.940. The molecule has 0 aliphatic heterocycles. The van der Waals surface area contributed by atoms with Crippen molar-refractivity contribution in [3.8, 4) is 0 Å². The van der Waals surface area contributed by atoms with Gasteiger partial charge in [0.15, 0.2) is 0 Å². The van der Waals surface area contributed by atoms with Gasteiger partial charge in [-0.1, -0.05) is 35.9 Å². The third-order valence-electron chi connectivity index (χ3n) is 0.940. The van der Waals surface area contributed by atoms with Gasteiger partial charge in [-0.25, -0.2) is 0 Å². The fraction of sp³-hybridized carbons (Fsp3) is 0.143. The Balaban J connectivity index is 0.000000490. The van der Waals surface area contributed by atoms with Gasteiger partial charge in [-0.3, -0.25) is 0 Å². The summed E-state index contributed by atoms with van der Waals surface area (Å²) in [6.07, 6.45) is 0. The van der Waals surface area contributed by atoms with Crippen LogP contribution in [0.15, 0.2) is 30.3 Å². The third kappa shape index (κ3) is 3.13. The van der Waals surface area contributed by atoms with E-state index in [4.69, 9.17) is 0 Å². The van der Waals surface area contributed by atoms with Crippen molar-refractivity contribution in [2.24, 2.45) is 0 Å². The molecule has 0 aromatic heterocycles. The van der Waals surface area contributed by atoms with Crippen LogP contribution in [0.3, 0.4) is 0 Å². The first-order valence-corrected chi connectivity index (χ1v) is 2.41. The minimum atomic E-state index is 0. The molecule has 8 heavy (non-hydrogen) atoms. The molecule has 0 spiro atoms. The molecule has 38 valence electrons. The average Bonchev–Trinajstić information content (AvgIpc) is 1.69. The van der Waals surface area contributed by atoms with Crippen molar-refractivity contribution in [3.63, 3.8) is 0 Å². The maximum atomic E-state index is 2.08. The molecule has 0 saturated heterocycles. The summed E-state index contributed by atoms with van der Waals surface area (Å²) >= 11 is 0. The molecule has 0 saturated carbocycles. The second-order valence-corrected chi connectivity index (χ2v) is 1.65. The van der Waals surface area contributed by atoms with Crippen LogP contribution in [0.25, 0.3) is 0 Å². The molecule has 0 atom stereocenters. The van der Waals surface area contributed by atoms with E-state index in [0.29, 0.717) is 0 Å². The first-order chi connectivity index (χ1) is 3.39. The summed E-state index contributed by atoms with van der Waals surface area (Å²) in [6.45, 7) is 2.08. The second kappa shape index (κ2) is 4.86. The topological polar surface area (TPSA) is 0 Å². The van der Waals surface area contributed by atoms with Crippen molar-refractivity contribution in [1.82, 2.24) is 0 Å². The summed E-state index contributed by atoms with van der Waals surface area (Å²) < 4.78 is 0. The fourth-order valence-corrected chi connectivity index (χ4v) is 0.534. The molecule has 1 rings (SSSR count). The Kier molecular flexibility index (Phi) is 5.49. The van der Waals surface area contributed by atoms with Gasteiger partial charge in [0.05, 0.1) is 0 Å².